The van der Waals surface area contributed by atoms with Crippen molar-refractivity contribution < 1.29 is 19.1 Å². The minimum Gasteiger partial charge on any atom is -0.493 e. The molecule has 0 aliphatic carbocycles. The SMILES string of the molecule is COC(=O)c1ccc(C)c(NC(=O)CCOc2ccccc2)c1. The molecule has 0 aromatic heterocycles. The third kappa shape index (κ3) is 4.85. The predicted octanol–water partition coefficient (Wildman–Crippen LogP) is 3.19. The van der Waals surface area contributed by atoms with Gasteiger partial charge in [0.2, 0.25) is 5.91 Å². The molecular weight excluding hydrogens is 294 g/mol. The van der Waals surface area contributed by atoms with Gasteiger partial charge in [0.15, 0.2) is 0 Å². The molecule has 0 fully saturated rings. The van der Waals surface area contributed by atoms with Gasteiger partial charge in [-0.1, -0.05) is 24.3 Å². The number of carbonyl (C=O) groups excluding carboxylic acids is 2. The van der Waals surface area contributed by atoms with E-state index in [2.05, 4.69) is 10.1 Å². The van der Waals surface area contributed by atoms with Crippen molar-refractivity contribution in [2.75, 3.05) is 19.0 Å². The molecule has 0 bridgehead atoms. The van der Waals surface area contributed by atoms with E-state index >= 15 is 0 Å². The molecule has 1 amide bonds. The molecule has 5 heteroatoms. The number of anilines is 1. The maximum atomic E-state index is 12.0. The van der Waals surface area contributed by atoms with Crippen LogP contribution in [0.15, 0.2) is 48.5 Å². The number of ether oxygens (including phenoxy) is 2. The number of para-hydroxylation sites is 1. The van der Waals surface area contributed by atoms with Crippen LogP contribution in [-0.4, -0.2) is 25.6 Å². The summed E-state index contributed by atoms with van der Waals surface area (Å²) in [5, 5.41) is 2.79. The highest BCUT2D eigenvalue weighted by Crippen LogP contribution is 2.18. The molecule has 0 unspecified atom stereocenters. The summed E-state index contributed by atoms with van der Waals surface area (Å²) in [6.07, 6.45) is 0.219. The van der Waals surface area contributed by atoms with E-state index in [0.29, 0.717) is 11.3 Å². The molecule has 2 rings (SSSR count). The number of esters is 1. The lowest BCUT2D eigenvalue weighted by Crippen LogP contribution is -2.16. The molecule has 2 aromatic rings. The number of rotatable bonds is 6. The van der Waals surface area contributed by atoms with E-state index in [1.165, 1.54) is 7.11 Å². The number of carbonyl (C=O) groups is 2. The monoisotopic (exact) mass is 313 g/mol. The van der Waals surface area contributed by atoms with E-state index < -0.39 is 5.97 Å². The minimum atomic E-state index is -0.437. The normalized spacial score (nSPS) is 10.0. The lowest BCUT2D eigenvalue weighted by Gasteiger charge is -2.10. The van der Waals surface area contributed by atoms with Crippen LogP contribution in [0.1, 0.15) is 22.3 Å². The van der Waals surface area contributed by atoms with Gasteiger partial charge >= 0.3 is 5.97 Å². The van der Waals surface area contributed by atoms with Crippen molar-refractivity contribution in [3.8, 4) is 5.75 Å². The second-order valence-corrected chi connectivity index (χ2v) is 4.98. The summed E-state index contributed by atoms with van der Waals surface area (Å²) >= 11 is 0. The average molecular weight is 313 g/mol. The molecule has 120 valence electrons. The standard InChI is InChI=1S/C18H19NO4/c1-13-8-9-14(18(21)22-2)12-16(13)19-17(20)10-11-23-15-6-4-3-5-7-15/h3-9,12H,10-11H2,1-2H3,(H,19,20). The number of amides is 1. The Morgan fingerprint density at radius 2 is 1.83 bits per heavy atom. The summed E-state index contributed by atoms with van der Waals surface area (Å²) in [5.74, 6) is 0.114. The van der Waals surface area contributed by atoms with Crippen LogP contribution in [0, 0.1) is 6.92 Å². The molecule has 5 nitrogen and oxygen atoms in total. The highest BCUT2D eigenvalue weighted by molar-refractivity contribution is 5.95. The van der Waals surface area contributed by atoms with E-state index in [1.807, 2.05) is 37.3 Å². The fourth-order valence-electron chi connectivity index (χ4n) is 1.99. The molecule has 0 saturated heterocycles. The van der Waals surface area contributed by atoms with Crippen LogP contribution >= 0.6 is 0 Å². The van der Waals surface area contributed by atoms with Gasteiger partial charge in [-0.2, -0.15) is 0 Å². The van der Waals surface area contributed by atoms with Crippen molar-refractivity contribution in [1.29, 1.82) is 0 Å². The molecule has 0 heterocycles. The Morgan fingerprint density at radius 3 is 2.52 bits per heavy atom. The Kier molecular flexibility index (Phi) is 5.74. The molecule has 0 aliphatic heterocycles. The summed E-state index contributed by atoms with van der Waals surface area (Å²) in [7, 11) is 1.32. The van der Waals surface area contributed by atoms with Gasteiger partial charge in [0.05, 0.1) is 25.7 Å². The summed E-state index contributed by atoms with van der Waals surface area (Å²) < 4.78 is 10.2. The zero-order valence-electron chi connectivity index (χ0n) is 13.2. The molecular formula is C18H19NO4. The fraction of sp³-hybridized carbons (Fsp3) is 0.222. The van der Waals surface area contributed by atoms with Crippen LogP contribution in [0.3, 0.4) is 0 Å². The second kappa shape index (κ2) is 7.98. The van der Waals surface area contributed by atoms with Crippen molar-refractivity contribution in [3.05, 3.63) is 59.7 Å². The maximum absolute atomic E-state index is 12.0. The average Bonchev–Trinajstić information content (AvgIpc) is 2.57. The number of benzene rings is 2. The summed E-state index contributed by atoms with van der Waals surface area (Å²) in [5.41, 5.74) is 1.86. The smallest absolute Gasteiger partial charge is 0.337 e. The van der Waals surface area contributed by atoms with Gasteiger partial charge in [-0.05, 0) is 36.8 Å². The van der Waals surface area contributed by atoms with Gasteiger partial charge in [-0.3, -0.25) is 4.79 Å². The van der Waals surface area contributed by atoms with Crippen LogP contribution < -0.4 is 10.1 Å². The first-order chi connectivity index (χ1) is 11.1. The van der Waals surface area contributed by atoms with Crippen molar-refractivity contribution >= 4 is 17.6 Å². The number of hydrogen-bond donors (Lipinski definition) is 1. The Labute approximate surface area is 135 Å². The Balaban J connectivity index is 1.91. The van der Waals surface area contributed by atoms with Gasteiger partial charge < -0.3 is 14.8 Å². The molecule has 0 spiro atoms. The minimum absolute atomic E-state index is 0.175. The van der Waals surface area contributed by atoms with Crippen molar-refractivity contribution in [1.82, 2.24) is 0 Å². The van der Waals surface area contributed by atoms with Crippen molar-refractivity contribution in [2.24, 2.45) is 0 Å². The number of methoxy groups -OCH3 is 1. The molecule has 23 heavy (non-hydrogen) atoms. The fourth-order valence-corrected chi connectivity index (χ4v) is 1.99. The van der Waals surface area contributed by atoms with Crippen LogP contribution in [0.2, 0.25) is 0 Å². The number of hydrogen-bond acceptors (Lipinski definition) is 4. The molecule has 2 aromatic carbocycles. The van der Waals surface area contributed by atoms with Gasteiger partial charge in [0.25, 0.3) is 0 Å². The molecule has 0 aliphatic rings. The largest absolute Gasteiger partial charge is 0.493 e. The molecule has 1 N–H and O–H groups in total. The third-order valence-electron chi connectivity index (χ3n) is 3.27. The first-order valence-electron chi connectivity index (χ1n) is 7.27. The Bertz CT molecular complexity index is 683. The van der Waals surface area contributed by atoms with Crippen LogP contribution in [-0.2, 0) is 9.53 Å². The number of nitrogens with one attached hydrogen (secondary N) is 1. The van der Waals surface area contributed by atoms with Gasteiger partial charge in [0, 0.05) is 5.69 Å². The van der Waals surface area contributed by atoms with E-state index in [4.69, 9.17) is 4.74 Å². The lowest BCUT2D eigenvalue weighted by atomic mass is 10.1. The highest BCUT2D eigenvalue weighted by atomic mass is 16.5. The van der Waals surface area contributed by atoms with Crippen molar-refractivity contribution in [2.45, 2.75) is 13.3 Å². The highest BCUT2D eigenvalue weighted by Gasteiger charge is 2.10. The quantitative estimate of drug-likeness (QED) is 0.832. The van der Waals surface area contributed by atoms with Crippen molar-refractivity contribution in [3.63, 3.8) is 0 Å². The zero-order chi connectivity index (χ0) is 16.7. The van der Waals surface area contributed by atoms with Gasteiger partial charge in [-0.25, -0.2) is 4.79 Å². The molecule has 0 radical (unpaired) electrons. The van der Waals surface area contributed by atoms with Gasteiger partial charge in [0.1, 0.15) is 5.75 Å². The van der Waals surface area contributed by atoms with E-state index in [0.717, 1.165) is 11.3 Å². The first-order valence-corrected chi connectivity index (χ1v) is 7.27. The summed E-state index contributed by atoms with van der Waals surface area (Å²) in [6, 6.07) is 14.4. The topological polar surface area (TPSA) is 64.6 Å². The van der Waals surface area contributed by atoms with Gasteiger partial charge in [-0.15, -0.1) is 0 Å². The lowest BCUT2D eigenvalue weighted by molar-refractivity contribution is -0.116. The zero-order valence-corrected chi connectivity index (χ0v) is 13.2. The van der Waals surface area contributed by atoms with Crippen LogP contribution in [0.5, 0.6) is 5.75 Å². The summed E-state index contributed by atoms with van der Waals surface area (Å²) in [6.45, 7) is 2.14. The van der Waals surface area contributed by atoms with E-state index in [1.54, 1.807) is 18.2 Å². The third-order valence-corrected chi connectivity index (χ3v) is 3.27. The Morgan fingerprint density at radius 1 is 1.09 bits per heavy atom. The Hall–Kier alpha value is -2.82. The molecule has 0 saturated carbocycles. The van der Waals surface area contributed by atoms with E-state index in [9.17, 15) is 9.59 Å². The second-order valence-electron chi connectivity index (χ2n) is 4.98. The van der Waals surface area contributed by atoms with Crippen LogP contribution in [0.4, 0.5) is 5.69 Å². The number of aryl methyl sites for hydroxylation is 1. The van der Waals surface area contributed by atoms with Crippen LogP contribution in [0.25, 0.3) is 0 Å². The predicted molar refractivity (Wildman–Crippen MR) is 87.7 cm³/mol. The molecule has 0 atom stereocenters. The van der Waals surface area contributed by atoms with E-state index in [-0.39, 0.29) is 18.9 Å². The first kappa shape index (κ1) is 16.5. The maximum Gasteiger partial charge on any atom is 0.337 e. The summed E-state index contributed by atoms with van der Waals surface area (Å²) in [4.78, 5) is 23.5.